The van der Waals surface area contributed by atoms with Crippen LogP contribution >= 0.6 is 0 Å². The highest BCUT2D eigenvalue weighted by atomic mass is 32.2. The van der Waals surface area contributed by atoms with Crippen molar-refractivity contribution in [3.05, 3.63) is 0 Å². The average Bonchev–Trinajstić information content (AvgIpc) is 2.18. The summed E-state index contributed by atoms with van der Waals surface area (Å²) in [7, 11) is -3.48. The van der Waals surface area contributed by atoms with Crippen LogP contribution in [0.4, 0.5) is 0 Å². The van der Waals surface area contributed by atoms with Crippen LogP contribution in [0.1, 0.15) is 45.4 Å². The molecular weight excluding hydrogens is 216 g/mol. The Hall–Kier alpha value is -0.130. The van der Waals surface area contributed by atoms with Gasteiger partial charge in [0.15, 0.2) is 5.94 Å². The minimum Gasteiger partial charge on any atom is -0.363 e. The van der Waals surface area contributed by atoms with Gasteiger partial charge in [0.05, 0.1) is 6.10 Å². The number of hydrogen-bond acceptors (Lipinski definition) is 4. The molecule has 0 radical (unpaired) electrons. The summed E-state index contributed by atoms with van der Waals surface area (Å²) in [5, 5.41) is 0. The summed E-state index contributed by atoms with van der Waals surface area (Å²) in [6, 6.07) is 0. The van der Waals surface area contributed by atoms with E-state index in [-0.39, 0.29) is 12.0 Å². The first-order valence-corrected chi connectivity index (χ1v) is 7.20. The van der Waals surface area contributed by atoms with Crippen LogP contribution in [0.5, 0.6) is 0 Å². The molecule has 1 aliphatic carbocycles. The molecule has 1 rings (SSSR count). The Kier molecular flexibility index (Phi) is 5.56. The normalized spacial score (nSPS) is 19.3. The van der Waals surface area contributed by atoms with Crippen molar-refractivity contribution in [1.29, 1.82) is 0 Å². The Morgan fingerprint density at radius 2 is 1.87 bits per heavy atom. The van der Waals surface area contributed by atoms with Crippen molar-refractivity contribution in [3.8, 4) is 0 Å². The largest absolute Gasteiger partial charge is 0.363 e. The number of hydrogen-bond donors (Lipinski definition) is 0. The van der Waals surface area contributed by atoms with E-state index in [0.717, 1.165) is 32.1 Å². The lowest BCUT2D eigenvalue weighted by molar-refractivity contribution is 0.131. The quantitative estimate of drug-likeness (QED) is 0.523. The van der Waals surface area contributed by atoms with E-state index in [1.165, 1.54) is 6.42 Å². The summed E-state index contributed by atoms with van der Waals surface area (Å²) in [5.74, 6) is -0.308. The van der Waals surface area contributed by atoms with E-state index >= 15 is 0 Å². The predicted molar refractivity (Wildman–Crippen MR) is 58.0 cm³/mol. The highest BCUT2D eigenvalue weighted by Gasteiger charge is 2.21. The maximum Gasteiger partial charge on any atom is 0.292 e. The molecule has 0 aliphatic heterocycles. The molecule has 0 aromatic carbocycles. The molecule has 5 heteroatoms. The van der Waals surface area contributed by atoms with Crippen LogP contribution in [-0.2, 0) is 19.0 Å². The van der Waals surface area contributed by atoms with Gasteiger partial charge in [-0.25, -0.2) is 0 Å². The van der Waals surface area contributed by atoms with Crippen molar-refractivity contribution in [2.75, 3.05) is 12.5 Å². The molecule has 0 N–H and O–H groups in total. The maximum absolute atomic E-state index is 11.4. The Bertz CT molecular complexity index is 255. The first kappa shape index (κ1) is 12.9. The molecule has 1 aliphatic rings. The summed E-state index contributed by atoms with van der Waals surface area (Å²) in [5.41, 5.74) is 0. The molecule has 15 heavy (non-hydrogen) atoms. The third kappa shape index (κ3) is 5.49. The first-order chi connectivity index (χ1) is 7.14. The molecular formula is C10H20O4S. The van der Waals surface area contributed by atoms with Crippen molar-refractivity contribution in [3.63, 3.8) is 0 Å². The van der Waals surface area contributed by atoms with E-state index in [2.05, 4.69) is 0 Å². The minimum atomic E-state index is -3.48. The Morgan fingerprint density at radius 3 is 2.47 bits per heavy atom. The van der Waals surface area contributed by atoms with Crippen LogP contribution in [0, 0.1) is 0 Å². The van der Waals surface area contributed by atoms with Gasteiger partial charge in [-0.15, -0.1) is 0 Å². The van der Waals surface area contributed by atoms with E-state index in [1.807, 2.05) is 6.92 Å². The fraction of sp³-hybridized carbons (Fsp3) is 1.00. The highest BCUT2D eigenvalue weighted by molar-refractivity contribution is 7.86. The van der Waals surface area contributed by atoms with Gasteiger partial charge in [-0.3, -0.25) is 4.18 Å². The summed E-state index contributed by atoms with van der Waals surface area (Å²) in [6.45, 7) is 2.40. The second kappa shape index (κ2) is 6.45. The zero-order valence-electron chi connectivity index (χ0n) is 9.28. The molecule has 0 saturated heterocycles. The molecule has 90 valence electrons. The average molecular weight is 236 g/mol. The summed E-state index contributed by atoms with van der Waals surface area (Å²) in [6.07, 6.45) is 5.73. The summed E-state index contributed by atoms with van der Waals surface area (Å²) >= 11 is 0. The fourth-order valence-electron chi connectivity index (χ4n) is 1.70. The van der Waals surface area contributed by atoms with Gasteiger partial charge in [0.2, 0.25) is 0 Å². The van der Waals surface area contributed by atoms with E-state index in [1.54, 1.807) is 0 Å². The second-order valence-corrected chi connectivity index (χ2v) is 5.48. The van der Waals surface area contributed by atoms with Gasteiger partial charge < -0.3 is 4.74 Å². The highest BCUT2D eigenvalue weighted by Crippen LogP contribution is 2.21. The molecule has 0 amide bonds. The van der Waals surface area contributed by atoms with Crippen molar-refractivity contribution >= 4 is 10.1 Å². The molecule has 0 aromatic heterocycles. The summed E-state index contributed by atoms with van der Waals surface area (Å²) < 4.78 is 32.9. The third-order valence-electron chi connectivity index (χ3n) is 2.41. The Labute approximate surface area is 92.1 Å². The van der Waals surface area contributed by atoms with Crippen molar-refractivity contribution < 1.29 is 17.3 Å². The maximum atomic E-state index is 11.4. The zero-order chi connectivity index (χ0) is 11.1. The predicted octanol–water partition coefficient (Wildman–Crippen LogP) is 2.05. The van der Waals surface area contributed by atoms with Crippen LogP contribution in [0.3, 0.4) is 0 Å². The molecule has 0 bridgehead atoms. The van der Waals surface area contributed by atoms with Crippen molar-refractivity contribution in [2.24, 2.45) is 0 Å². The zero-order valence-corrected chi connectivity index (χ0v) is 10.1. The SMILES string of the molecule is CCCOCS(=O)(=O)OC1CCCCC1. The minimum absolute atomic E-state index is 0.117. The van der Waals surface area contributed by atoms with E-state index < -0.39 is 10.1 Å². The van der Waals surface area contributed by atoms with Crippen LogP contribution in [-0.4, -0.2) is 27.1 Å². The van der Waals surface area contributed by atoms with Gasteiger partial charge in [0, 0.05) is 6.61 Å². The van der Waals surface area contributed by atoms with Gasteiger partial charge >= 0.3 is 0 Å². The Balaban J connectivity index is 2.27. The molecule has 0 unspecified atom stereocenters. The lowest BCUT2D eigenvalue weighted by Crippen LogP contribution is -2.23. The van der Waals surface area contributed by atoms with Crippen molar-refractivity contribution in [1.82, 2.24) is 0 Å². The fourth-order valence-corrected chi connectivity index (χ4v) is 2.69. The van der Waals surface area contributed by atoms with Crippen molar-refractivity contribution in [2.45, 2.75) is 51.6 Å². The molecule has 4 nitrogen and oxygen atoms in total. The molecule has 1 saturated carbocycles. The molecule has 0 atom stereocenters. The lowest BCUT2D eigenvalue weighted by Gasteiger charge is -2.21. The summed E-state index contributed by atoms with van der Waals surface area (Å²) in [4.78, 5) is 0. The van der Waals surface area contributed by atoms with Crippen LogP contribution in [0.25, 0.3) is 0 Å². The first-order valence-electron chi connectivity index (χ1n) is 5.63. The van der Waals surface area contributed by atoms with Crippen LogP contribution < -0.4 is 0 Å². The second-order valence-electron chi connectivity index (χ2n) is 3.94. The Morgan fingerprint density at radius 1 is 1.20 bits per heavy atom. The number of ether oxygens (including phenoxy) is 1. The molecule has 0 spiro atoms. The van der Waals surface area contributed by atoms with Crippen LogP contribution in [0.2, 0.25) is 0 Å². The van der Waals surface area contributed by atoms with E-state index in [0.29, 0.717) is 6.61 Å². The van der Waals surface area contributed by atoms with Gasteiger partial charge in [-0.2, -0.15) is 8.42 Å². The van der Waals surface area contributed by atoms with Gasteiger partial charge in [-0.1, -0.05) is 26.2 Å². The standard InChI is InChI=1S/C10H20O4S/c1-2-8-13-9-15(11,12)14-10-6-4-3-5-7-10/h10H,2-9H2,1H3. The monoisotopic (exact) mass is 236 g/mol. The van der Waals surface area contributed by atoms with Gasteiger partial charge in [-0.05, 0) is 19.3 Å². The van der Waals surface area contributed by atoms with E-state index in [9.17, 15) is 8.42 Å². The van der Waals surface area contributed by atoms with Gasteiger partial charge in [0.25, 0.3) is 10.1 Å². The smallest absolute Gasteiger partial charge is 0.292 e. The topological polar surface area (TPSA) is 52.6 Å². The molecule has 0 heterocycles. The van der Waals surface area contributed by atoms with E-state index in [4.69, 9.17) is 8.92 Å². The van der Waals surface area contributed by atoms with Crippen LogP contribution in [0.15, 0.2) is 0 Å². The number of rotatable bonds is 6. The molecule has 0 aromatic rings. The van der Waals surface area contributed by atoms with Gasteiger partial charge in [0.1, 0.15) is 0 Å². The third-order valence-corrected chi connectivity index (χ3v) is 3.43. The molecule has 1 fully saturated rings. The lowest BCUT2D eigenvalue weighted by atomic mass is 9.98.